The topological polar surface area (TPSA) is 9.23 Å². The second kappa shape index (κ2) is 14.5. The van der Waals surface area contributed by atoms with Crippen LogP contribution in [0.4, 0.5) is 0 Å². The van der Waals surface area contributed by atoms with Crippen molar-refractivity contribution < 1.29 is 23.5 Å². The van der Waals surface area contributed by atoms with Crippen molar-refractivity contribution >= 4 is 6.08 Å². The Bertz CT molecular complexity index is 1440. The maximum atomic E-state index is 7.18. The number of fused-ring (bicyclic) bond motifs is 1. The molecule has 1 unspecified atom stereocenters. The van der Waals surface area contributed by atoms with E-state index < -0.39 is 20.7 Å². The zero-order valence-electron chi connectivity index (χ0n) is 26.9. The summed E-state index contributed by atoms with van der Waals surface area (Å²) in [5.41, 5.74) is 11.5. The molecule has 4 aromatic rings. The molecular formula is C41H49OZr. The number of rotatable bonds is 13. The summed E-state index contributed by atoms with van der Waals surface area (Å²) in [6.07, 6.45) is 8.83. The van der Waals surface area contributed by atoms with Crippen LogP contribution in [0, 0.1) is 6.61 Å². The third-order valence-corrected chi connectivity index (χ3v) is 20.0. The number of benzene rings is 4. The molecular weight excluding hydrogens is 600 g/mol. The summed E-state index contributed by atoms with van der Waals surface area (Å²) in [4.78, 5) is 0. The van der Waals surface area contributed by atoms with Gasteiger partial charge in [0.15, 0.2) is 0 Å². The Hall–Kier alpha value is -2.54. The van der Waals surface area contributed by atoms with E-state index >= 15 is 0 Å². The molecule has 1 nitrogen and oxygen atoms in total. The van der Waals surface area contributed by atoms with Gasteiger partial charge in [-0.25, -0.2) is 0 Å². The van der Waals surface area contributed by atoms with Crippen LogP contribution in [0.25, 0.3) is 17.2 Å². The third-order valence-electron chi connectivity index (χ3n) is 9.10. The van der Waals surface area contributed by atoms with Gasteiger partial charge in [0.2, 0.25) is 0 Å². The standard InChI is InChI=1S/C25H31.2C7H7.C2H4O.Zr/c1-5-6-7-8-10-19-17-21-11-9-12-23(24(21)18-19)20-13-15-22(16-14-20)25(2,3)4;2*1-7-5-3-2-4-6-7;1-2-3;/h9,11-18H,5-8,10H2,1-4H3;2*2-6H,1H2;2H,1H3;/q;;;-1;+1. The first-order valence-electron chi connectivity index (χ1n) is 16.3. The summed E-state index contributed by atoms with van der Waals surface area (Å²) < 4.78 is 9.65. The molecule has 4 aromatic carbocycles. The van der Waals surface area contributed by atoms with E-state index in [1.54, 1.807) is 5.57 Å². The van der Waals surface area contributed by atoms with E-state index in [-0.39, 0.29) is 5.41 Å². The van der Waals surface area contributed by atoms with Crippen molar-refractivity contribution in [3.63, 3.8) is 0 Å². The second-order valence-corrected chi connectivity index (χ2v) is 22.3. The molecule has 0 aliphatic heterocycles. The Labute approximate surface area is 266 Å². The molecule has 0 N–H and O–H groups in total. The van der Waals surface area contributed by atoms with Gasteiger partial charge in [-0.2, -0.15) is 0 Å². The molecule has 1 aliphatic carbocycles. The van der Waals surface area contributed by atoms with Gasteiger partial charge in [-0.3, -0.25) is 0 Å². The molecule has 1 aliphatic rings. The molecule has 0 fully saturated rings. The van der Waals surface area contributed by atoms with Crippen molar-refractivity contribution in [1.29, 1.82) is 0 Å². The van der Waals surface area contributed by atoms with E-state index in [0.717, 1.165) is 14.7 Å². The first kappa shape index (κ1) is 31.9. The molecule has 1 atom stereocenters. The fraction of sp³-hybridized carbons (Fsp3) is 0.341. The minimum atomic E-state index is -3.56. The van der Waals surface area contributed by atoms with Gasteiger partial charge in [-0.05, 0) is 0 Å². The summed E-state index contributed by atoms with van der Waals surface area (Å²) in [6.45, 7) is 13.3. The second-order valence-electron chi connectivity index (χ2n) is 13.3. The molecule has 2 heteroatoms. The molecule has 0 bridgehead atoms. The van der Waals surface area contributed by atoms with Crippen molar-refractivity contribution in [3.8, 4) is 11.1 Å². The van der Waals surface area contributed by atoms with Crippen LogP contribution >= 0.6 is 0 Å². The Morgan fingerprint density at radius 3 is 1.91 bits per heavy atom. The van der Waals surface area contributed by atoms with Crippen molar-refractivity contribution in [1.82, 2.24) is 0 Å². The summed E-state index contributed by atoms with van der Waals surface area (Å²) in [7, 11) is 0. The number of hydrogen-bond donors (Lipinski definition) is 0. The molecule has 0 saturated heterocycles. The van der Waals surface area contributed by atoms with Crippen LogP contribution in [0.3, 0.4) is 0 Å². The normalized spacial score (nSPS) is 14.9. The Morgan fingerprint density at radius 2 is 1.35 bits per heavy atom. The van der Waals surface area contributed by atoms with Crippen LogP contribution in [0.1, 0.15) is 98.2 Å². The summed E-state index contributed by atoms with van der Waals surface area (Å²) in [5.74, 6) is 0. The van der Waals surface area contributed by atoms with Gasteiger partial charge < -0.3 is 0 Å². The van der Waals surface area contributed by atoms with E-state index in [1.165, 1.54) is 64.6 Å². The summed E-state index contributed by atoms with van der Waals surface area (Å²) in [5, 5.41) is 0. The van der Waals surface area contributed by atoms with E-state index in [4.69, 9.17) is 2.81 Å². The average Bonchev–Trinajstić information content (AvgIpc) is 3.39. The van der Waals surface area contributed by atoms with E-state index in [1.807, 2.05) is 6.61 Å². The summed E-state index contributed by atoms with van der Waals surface area (Å²) in [6, 6.07) is 38.6. The average molecular weight is 649 g/mol. The van der Waals surface area contributed by atoms with Crippen molar-refractivity contribution in [2.24, 2.45) is 0 Å². The van der Waals surface area contributed by atoms with Crippen LogP contribution in [-0.2, 0) is 37.2 Å². The van der Waals surface area contributed by atoms with E-state index in [9.17, 15) is 0 Å². The van der Waals surface area contributed by atoms with Gasteiger partial charge in [0, 0.05) is 0 Å². The molecule has 0 saturated carbocycles. The van der Waals surface area contributed by atoms with Crippen LogP contribution in [0.2, 0.25) is 0 Å². The van der Waals surface area contributed by atoms with Crippen molar-refractivity contribution in [2.75, 3.05) is 0 Å². The van der Waals surface area contributed by atoms with E-state index in [2.05, 4.69) is 144 Å². The van der Waals surface area contributed by atoms with Crippen LogP contribution in [0.5, 0.6) is 0 Å². The minimum absolute atomic E-state index is 0.144. The predicted molar refractivity (Wildman–Crippen MR) is 181 cm³/mol. The van der Waals surface area contributed by atoms with Crippen molar-refractivity contribution in [2.45, 2.75) is 84.0 Å². The number of hydrogen-bond acceptors (Lipinski definition) is 1. The SMILES string of the molecule is C[CH][O][Zr]([CH2]c1ccccc1)([CH2]c1ccccc1)[CH]1C(CCCCCC)=Cc2c(-c3ccc(C(C)(C)C)cc3)cccc21. The molecule has 43 heavy (non-hydrogen) atoms. The maximum absolute atomic E-state index is 7.18. The quantitative estimate of drug-likeness (QED) is 0.131. The van der Waals surface area contributed by atoms with Gasteiger partial charge in [0.05, 0.1) is 0 Å². The Balaban J connectivity index is 1.65. The van der Waals surface area contributed by atoms with Crippen LogP contribution < -0.4 is 0 Å². The molecule has 0 heterocycles. The molecule has 223 valence electrons. The Morgan fingerprint density at radius 1 is 0.721 bits per heavy atom. The monoisotopic (exact) mass is 647 g/mol. The first-order chi connectivity index (χ1) is 20.8. The fourth-order valence-corrected chi connectivity index (χ4v) is 19.0. The molecule has 0 amide bonds. The number of allylic oxidation sites excluding steroid dienone is 1. The zero-order valence-corrected chi connectivity index (χ0v) is 29.4. The van der Waals surface area contributed by atoms with Gasteiger partial charge in [0.1, 0.15) is 0 Å². The van der Waals surface area contributed by atoms with Gasteiger partial charge in [0.25, 0.3) is 0 Å². The van der Waals surface area contributed by atoms with Gasteiger partial charge >= 0.3 is 268 Å². The molecule has 1 radical (unpaired) electrons. The predicted octanol–water partition coefficient (Wildman–Crippen LogP) is 11.7. The third kappa shape index (κ3) is 7.58. The van der Waals surface area contributed by atoms with Crippen LogP contribution in [0.15, 0.2) is 109 Å². The molecule has 0 aromatic heterocycles. The summed E-state index contributed by atoms with van der Waals surface area (Å²) >= 11 is -3.56. The molecule has 0 spiro atoms. The first-order valence-corrected chi connectivity index (χ1v) is 22.2. The zero-order chi connectivity index (χ0) is 30.3. The molecule has 5 rings (SSSR count). The van der Waals surface area contributed by atoms with Crippen molar-refractivity contribution in [3.05, 3.63) is 143 Å². The van der Waals surface area contributed by atoms with Crippen LogP contribution in [-0.4, -0.2) is 0 Å². The number of unbranched alkanes of at least 4 members (excludes halogenated alkanes) is 3. The van der Waals surface area contributed by atoms with Gasteiger partial charge in [-0.15, -0.1) is 0 Å². The van der Waals surface area contributed by atoms with E-state index in [0.29, 0.717) is 3.63 Å². The van der Waals surface area contributed by atoms with Gasteiger partial charge in [-0.1, -0.05) is 0 Å². The Kier molecular flexibility index (Phi) is 10.7. The fourth-order valence-electron chi connectivity index (χ4n) is 7.00.